The minimum Gasteiger partial charge on any atom is -0.494 e. The summed E-state index contributed by atoms with van der Waals surface area (Å²) in [4.78, 5) is 14.6. The van der Waals surface area contributed by atoms with Gasteiger partial charge in [-0.25, -0.2) is 4.98 Å². The molecule has 0 spiro atoms. The molecule has 3 aromatic rings. The number of non-ortho nitro benzene ring substituents is 1. The molecule has 1 heterocycles. The van der Waals surface area contributed by atoms with Crippen LogP contribution < -0.4 is 4.74 Å². The number of rotatable bonds is 4. The smallest absolute Gasteiger partial charge is 0.271 e. The molecule has 6 heteroatoms. The number of nitro groups is 1. The molecule has 3 rings (SSSR count). The lowest BCUT2D eigenvalue weighted by Crippen LogP contribution is -1.90. The van der Waals surface area contributed by atoms with Crippen LogP contribution in [0.15, 0.2) is 46.9 Å². The van der Waals surface area contributed by atoms with E-state index in [-0.39, 0.29) is 5.69 Å². The number of hydrogen-bond acceptors (Lipinski definition) is 5. The van der Waals surface area contributed by atoms with Crippen molar-refractivity contribution >= 4 is 16.8 Å². The Morgan fingerprint density at radius 3 is 2.67 bits per heavy atom. The van der Waals surface area contributed by atoms with E-state index < -0.39 is 4.92 Å². The van der Waals surface area contributed by atoms with Gasteiger partial charge in [-0.1, -0.05) is 0 Å². The van der Waals surface area contributed by atoms with Gasteiger partial charge in [0.15, 0.2) is 5.58 Å². The second-order valence-electron chi connectivity index (χ2n) is 4.39. The van der Waals surface area contributed by atoms with Crippen LogP contribution in [-0.4, -0.2) is 16.5 Å². The Labute approximate surface area is 120 Å². The van der Waals surface area contributed by atoms with Crippen LogP contribution in [-0.2, 0) is 0 Å². The molecule has 0 aliphatic rings. The third-order valence-electron chi connectivity index (χ3n) is 2.99. The molecule has 0 aliphatic heterocycles. The fourth-order valence-electron chi connectivity index (χ4n) is 2.01. The second kappa shape index (κ2) is 5.24. The Morgan fingerprint density at radius 1 is 1.24 bits per heavy atom. The van der Waals surface area contributed by atoms with Gasteiger partial charge in [-0.2, -0.15) is 0 Å². The topological polar surface area (TPSA) is 78.4 Å². The van der Waals surface area contributed by atoms with E-state index in [0.29, 0.717) is 23.6 Å². The van der Waals surface area contributed by atoms with Crippen molar-refractivity contribution in [1.29, 1.82) is 0 Å². The molecule has 0 radical (unpaired) electrons. The van der Waals surface area contributed by atoms with E-state index >= 15 is 0 Å². The summed E-state index contributed by atoms with van der Waals surface area (Å²) in [6, 6.07) is 11.7. The maximum atomic E-state index is 10.8. The SMILES string of the molecule is CCOc1ccc(-c2nc3cc([N+](=O)[O-])ccc3o2)cc1. The van der Waals surface area contributed by atoms with Gasteiger partial charge in [0.05, 0.1) is 11.5 Å². The highest BCUT2D eigenvalue weighted by atomic mass is 16.6. The zero-order valence-corrected chi connectivity index (χ0v) is 11.3. The van der Waals surface area contributed by atoms with E-state index in [4.69, 9.17) is 9.15 Å². The van der Waals surface area contributed by atoms with Gasteiger partial charge in [0.2, 0.25) is 5.89 Å². The largest absolute Gasteiger partial charge is 0.494 e. The molecular formula is C15H12N2O4. The number of ether oxygens (including phenoxy) is 1. The monoisotopic (exact) mass is 284 g/mol. The van der Waals surface area contributed by atoms with Crippen LogP contribution in [0.1, 0.15) is 6.92 Å². The van der Waals surface area contributed by atoms with Gasteiger partial charge in [-0.05, 0) is 37.3 Å². The summed E-state index contributed by atoms with van der Waals surface area (Å²) < 4.78 is 11.0. The molecule has 0 fully saturated rings. The van der Waals surface area contributed by atoms with Gasteiger partial charge in [0, 0.05) is 17.7 Å². The Kier molecular flexibility index (Phi) is 3.27. The molecule has 106 valence electrons. The molecule has 0 saturated carbocycles. The molecule has 6 nitrogen and oxygen atoms in total. The maximum absolute atomic E-state index is 10.8. The highest BCUT2D eigenvalue weighted by molar-refractivity contribution is 5.78. The molecule has 0 N–H and O–H groups in total. The molecule has 21 heavy (non-hydrogen) atoms. The van der Waals surface area contributed by atoms with Crippen LogP contribution in [0.4, 0.5) is 5.69 Å². The predicted octanol–water partition coefficient (Wildman–Crippen LogP) is 3.80. The predicted molar refractivity (Wildman–Crippen MR) is 77.3 cm³/mol. The Hall–Kier alpha value is -2.89. The maximum Gasteiger partial charge on any atom is 0.271 e. The lowest BCUT2D eigenvalue weighted by Gasteiger charge is -2.02. The zero-order chi connectivity index (χ0) is 14.8. The van der Waals surface area contributed by atoms with Crippen molar-refractivity contribution in [2.24, 2.45) is 0 Å². The van der Waals surface area contributed by atoms with Crippen molar-refractivity contribution in [1.82, 2.24) is 4.98 Å². The first-order valence-corrected chi connectivity index (χ1v) is 6.45. The molecule has 2 aromatic carbocycles. The first kappa shape index (κ1) is 13.1. The molecule has 0 amide bonds. The molecule has 0 atom stereocenters. The van der Waals surface area contributed by atoms with Crippen LogP contribution in [0.2, 0.25) is 0 Å². The van der Waals surface area contributed by atoms with Crippen molar-refractivity contribution < 1.29 is 14.1 Å². The number of nitro benzene ring substituents is 1. The van der Waals surface area contributed by atoms with E-state index in [1.54, 1.807) is 6.07 Å². The molecule has 0 unspecified atom stereocenters. The second-order valence-corrected chi connectivity index (χ2v) is 4.39. The number of aromatic nitrogens is 1. The van der Waals surface area contributed by atoms with Crippen LogP contribution in [0.3, 0.4) is 0 Å². The highest BCUT2D eigenvalue weighted by Crippen LogP contribution is 2.27. The Morgan fingerprint density at radius 2 is 2.00 bits per heavy atom. The number of hydrogen-bond donors (Lipinski definition) is 0. The van der Waals surface area contributed by atoms with Gasteiger partial charge in [0.25, 0.3) is 5.69 Å². The number of fused-ring (bicyclic) bond motifs is 1. The minimum absolute atomic E-state index is 0.00552. The molecule has 1 aromatic heterocycles. The van der Waals surface area contributed by atoms with E-state index in [0.717, 1.165) is 11.3 Å². The van der Waals surface area contributed by atoms with E-state index in [2.05, 4.69) is 4.98 Å². The number of oxazole rings is 1. The summed E-state index contributed by atoms with van der Waals surface area (Å²) in [5, 5.41) is 10.8. The van der Waals surface area contributed by atoms with Crippen molar-refractivity contribution in [2.45, 2.75) is 6.92 Å². The van der Waals surface area contributed by atoms with Crippen LogP contribution in [0, 0.1) is 10.1 Å². The van der Waals surface area contributed by atoms with E-state index in [9.17, 15) is 10.1 Å². The number of nitrogens with zero attached hydrogens (tertiary/aromatic N) is 2. The third kappa shape index (κ3) is 2.55. The number of benzene rings is 2. The van der Waals surface area contributed by atoms with Gasteiger partial charge in [0.1, 0.15) is 11.3 Å². The lowest BCUT2D eigenvalue weighted by molar-refractivity contribution is -0.384. The molecule has 0 aliphatic carbocycles. The molecule has 0 saturated heterocycles. The van der Waals surface area contributed by atoms with Crippen molar-refractivity contribution in [2.75, 3.05) is 6.61 Å². The first-order chi connectivity index (χ1) is 10.2. The normalized spacial score (nSPS) is 10.7. The lowest BCUT2D eigenvalue weighted by atomic mass is 10.2. The standard InChI is InChI=1S/C15H12N2O4/c1-2-20-12-6-3-10(4-7-12)15-16-13-9-11(17(18)19)5-8-14(13)21-15/h3-9H,2H2,1H3. The van der Waals surface area contributed by atoms with Gasteiger partial charge < -0.3 is 9.15 Å². The van der Waals surface area contributed by atoms with Crippen LogP contribution in [0.25, 0.3) is 22.6 Å². The van der Waals surface area contributed by atoms with E-state index in [1.165, 1.54) is 12.1 Å². The minimum atomic E-state index is -0.454. The average Bonchev–Trinajstić information content (AvgIpc) is 2.91. The first-order valence-electron chi connectivity index (χ1n) is 6.45. The molecule has 0 bridgehead atoms. The van der Waals surface area contributed by atoms with Crippen molar-refractivity contribution in [3.8, 4) is 17.2 Å². The third-order valence-corrected chi connectivity index (χ3v) is 2.99. The summed E-state index contributed by atoms with van der Waals surface area (Å²) >= 11 is 0. The highest BCUT2D eigenvalue weighted by Gasteiger charge is 2.12. The quantitative estimate of drug-likeness (QED) is 0.537. The summed E-state index contributed by atoms with van der Waals surface area (Å²) in [5.41, 5.74) is 1.77. The van der Waals surface area contributed by atoms with Crippen LogP contribution >= 0.6 is 0 Å². The van der Waals surface area contributed by atoms with E-state index in [1.807, 2.05) is 31.2 Å². The fourth-order valence-corrected chi connectivity index (χ4v) is 2.01. The van der Waals surface area contributed by atoms with Gasteiger partial charge >= 0.3 is 0 Å². The summed E-state index contributed by atoms with van der Waals surface area (Å²) in [5.74, 6) is 1.20. The van der Waals surface area contributed by atoms with Gasteiger partial charge in [-0.3, -0.25) is 10.1 Å². The Balaban J connectivity index is 1.98. The molecular weight excluding hydrogens is 272 g/mol. The summed E-state index contributed by atoms with van der Waals surface area (Å²) in [6.07, 6.45) is 0. The summed E-state index contributed by atoms with van der Waals surface area (Å²) in [6.45, 7) is 2.52. The van der Waals surface area contributed by atoms with Crippen molar-refractivity contribution in [3.63, 3.8) is 0 Å². The average molecular weight is 284 g/mol. The summed E-state index contributed by atoms with van der Waals surface area (Å²) in [7, 11) is 0. The van der Waals surface area contributed by atoms with Crippen molar-refractivity contribution in [3.05, 3.63) is 52.6 Å². The van der Waals surface area contributed by atoms with Gasteiger partial charge in [-0.15, -0.1) is 0 Å². The van der Waals surface area contributed by atoms with Crippen LogP contribution in [0.5, 0.6) is 5.75 Å². The Bertz CT molecular complexity index is 793. The fraction of sp³-hybridized carbons (Fsp3) is 0.133. The zero-order valence-electron chi connectivity index (χ0n) is 11.3.